The van der Waals surface area contributed by atoms with Gasteiger partial charge in [0.15, 0.2) is 0 Å². The van der Waals surface area contributed by atoms with Crippen molar-refractivity contribution in [1.29, 1.82) is 0 Å². The van der Waals surface area contributed by atoms with Crippen molar-refractivity contribution in [2.45, 2.75) is 25.8 Å². The molecule has 0 saturated heterocycles. The summed E-state index contributed by atoms with van der Waals surface area (Å²) in [5.41, 5.74) is 2.29. The Hall–Kier alpha value is -2.89. The molecule has 1 atom stereocenters. The summed E-state index contributed by atoms with van der Waals surface area (Å²) in [5, 5.41) is 5.92. The van der Waals surface area contributed by atoms with Gasteiger partial charge in [-0.05, 0) is 49.6 Å². The molecule has 1 aliphatic carbocycles. The Morgan fingerprint density at radius 3 is 2.46 bits per heavy atom. The van der Waals surface area contributed by atoms with Crippen LogP contribution in [0.1, 0.15) is 41.7 Å². The molecule has 1 aromatic heterocycles. The molecular formula is C20H24N4O2. The number of hydrogen-bond acceptors (Lipinski definition) is 4. The van der Waals surface area contributed by atoms with Gasteiger partial charge in [-0.2, -0.15) is 0 Å². The highest BCUT2D eigenvalue weighted by molar-refractivity contribution is 5.99. The van der Waals surface area contributed by atoms with Crippen LogP contribution in [0.15, 0.2) is 42.6 Å². The quantitative estimate of drug-likeness (QED) is 0.838. The smallest absolute Gasteiger partial charge is 0.255 e. The lowest BCUT2D eigenvalue weighted by Gasteiger charge is -2.18. The number of carbonyl (C=O) groups excluding carboxylic acids is 2. The van der Waals surface area contributed by atoms with Crippen LogP contribution in [0.3, 0.4) is 0 Å². The fourth-order valence-corrected chi connectivity index (χ4v) is 2.73. The number of hydrogen-bond donors (Lipinski definition) is 2. The first-order valence-corrected chi connectivity index (χ1v) is 8.79. The van der Waals surface area contributed by atoms with Crippen LogP contribution in [0.4, 0.5) is 11.5 Å². The van der Waals surface area contributed by atoms with Crippen LogP contribution in [0.25, 0.3) is 0 Å². The molecular weight excluding hydrogens is 328 g/mol. The minimum Gasteiger partial charge on any atom is -0.362 e. The van der Waals surface area contributed by atoms with Crippen LogP contribution >= 0.6 is 0 Å². The number of carbonyl (C=O) groups is 2. The van der Waals surface area contributed by atoms with Crippen molar-refractivity contribution >= 4 is 23.3 Å². The molecule has 1 aromatic carbocycles. The highest BCUT2D eigenvalue weighted by atomic mass is 16.2. The van der Waals surface area contributed by atoms with Gasteiger partial charge in [-0.3, -0.25) is 9.59 Å². The molecule has 6 heteroatoms. The number of anilines is 2. The molecule has 0 radical (unpaired) electrons. The molecule has 2 aromatic rings. The van der Waals surface area contributed by atoms with E-state index in [0.29, 0.717) is 11.4 Å². The third-order valence-electron chi connectivity index (χ3n) is 4.43. The van der Waals surface area contributed by atoms with Crippen LogP contribution in [0.5, 0.6) is 0 Å². The predicted molar refractivity (Wildman–Crippen MR) is 102 cm³/mol. The lowest BCUT2D eigenvalue weighted by atomic mass is 10.1. The van der Waals surface area contributed by atoms with E-state index < -0.39 is 0 Å². The van der Waals surface area contributed by atoms with Crippen molar-refractivity contribution in [2.24, 2.45) is 5.92 Å². The maximum absolute atomic E-state index is 12.6. The Morgan fingerprint density at radius 1 is 1.15 bits per heavy atom. The highest BCUT2D eigenvalue weighted by Crippen LogP contribution is 2.30. The monoisotopic (exact) mass is 352 g/mol. The van der Waals surface area contributed by atoms with Crippen molar-refractivity contribution in [1.82, 2.24) is 10.3 Å². The zero-order chi connectivity index (χ0) is 18.7. The molecule has 6 nitrogen and oxygen atoms in total. The van der Waals surface area contributed by atoms with Gasteiger partial charge in [-0.25, -0.2) is 4.98 Å². The SMILES string of the molecule is C[C@H](NC(=O)c1cccnc1N(C)C)c1ccc(NC(=O)C2CC2)cc1. The van der Waals surface area contributed by atoms with Gasteiger partial charge in [0.05, 0.1) is 11.6 Å². The molecule has 1 aliphatic rings. The normalized spacial score (nSPS) is 14.4. The number of rotatable bonds is 6. The summed E-state index contributed by atoms with van der Waals surface area (Å²) >= 11 is 0. The van der Waals surface area contributed by atoms with Crippen molar-refractivity contribution in [3.8, 4) is 0 Å². The van der Waals surface area contributed by atoms with Gasteiger partial charge in [0.2, 0.25) is 5.91 Å². The Balaban J connectivity index is 1.65. The minimum atomic E-state index is -0.166. The second-order valence-electron chi connectivity index (χ2n) is 6.85. The van der Waals surface area contributed by atoms with Gasteiger partial charge in [-0.15, -0.1) is 0 Å². The van der Waals surface area contributed by atoms with E-state index in [-0.39, 0.29) is 23.8 Å². The van der Waals surface area contributed by atoms with E-state index >= 15 is 0 Å². The van der Waals surface area contributed by atoms with Crippen LogP contribution < -0.4 is 15.5 Å². The Bertz CT molecular complexity index is 798. The molecule has 26 heavy (non-hydrogen) atoms. The largest absolute Gasteiger partial charge is 0.362 e. The second kappa shape index (κ2) is 7.56. The Kier molecular flexibility index (Phi) is 5.21. The van der Waals surface area contributed by atoms with E-state index in [1.54, 1.807) is 18.3 Å². The maximum atomic E-state index is 12.6. The van der Waals surface area contributed by atoms with Gasteiger partial charge >= 0.3 is 0 Å². The standard InChI is InChI=1S/C20H24N4O2/c1-13(22-20(26)17-5-4-12-21-18(17)24(2)3)14-8-10-16(11-9-14)23-19(25)15-6-7-15/h4-5,8-13,15H,6-7H2,1-3H3,(H,22,26)(H,23,25)/t13-/m0/s1. The summed E-state index contributed by atoms with van der Waals surface area (Å²) < 4.78 is 0. The molecule has 0 spiro atoms. The average Bonchev–Trinajstić information content (AvgIpc) is 3.47. The van der Waals surface area contributed by atoms with Gasteiger partial charge in [0.1, 0.15) is 5.82 Å². The number of nitrogens with one attached hydrogen (secondary N) is 2. The molecule has 1 saturated carbocycles. The summed E-state index contributed by atoms with van der Waals surface area (Å²) in [5.74, 6) is 0.737. The number of amides is 2. The Labute approximate surface area is 153 Å². The Morgan fingerprint density at radius 2 is 1.85 bits per heavy atom. The molecule has 3 rings (SSSR count). The lowest BCUT2D eigenvalue weighted by Crippen LogP contribution is -2.28. The fraction of sp³-hybridized carbons (Fsp3) is 0.350. The number of pyridine rings is 1. The summed E-state index contributed by atoms with van der Waals surface area (Å²) in [6.45, 7) is 1.93. The van der Waals surface area contributed by atoms with E-state index in [1.165, 1.54) is 0 Å². The van der Waals surface area contributed by atoms with E-state index in [2.05, 4.69) is 15.6 Å². The average molecular weight is 352 g/mol. The summed E-state index contributed by atoms with van der Waals surface area (Å²) in [6, 6.07) is 10.9. The minimum absolute atomic E-state index is 0.0897. The van der Waals surface area contributed by atoms with Crippen LogP contribution in [-0.4, -0.2) is 30.9 Å². The highest BCUT2D eigenvalue weighted by Gasteiger charge is 2.29. The summed E-state index contributed by atoms with van der Waals surface area (Å²) in [6.07, 6.45) is 3.64. The topological polar surface area (TPSA) is 74.3 Å². The molecule has 0 aliphatic heterocycles. The van der Waals surface area contributed by atoms with Crippen LogP contribution in [-0.2, 0) is 4.79 Å². The van der Waals surface area contributed by atoms with E-state index in [9.17, 15) is 9.59 Å². The van der Waals surface area contributed by atoms with E-state index in [1.807, 2.05) is 50.2 Å². The van der Waals surface area contributed by atoms with Gasteiger partial charge in [0.25, 0.3) is 5.91 Å². The maximum Gasteiger partial charge on any atom is 0.255 e. The molecule has 136 valence electrons. The fourth-order valence-electron chi connectivity index (χ4n) is 2.73. The zero-order valence-corrected chi connectivity index (χ0v) is 15.3. The van der Waals surface area contributed by atoms with Crippen molar-refractivity contribution in [3.63, 3.8) is 0 Å². The van der Waals surface area contributed by atoms with Crippen LogP contribution in [0.2, 0.25) is 0 Å². The first-order chi connectivity index (χ1) is 12.5. The van der Waals surface area contributed by atoms with Crippen LogP contribution in [0, 0.1) is 5.92 Å². The third-order valence-corrected chi connectivity index (χ3v) is 4.43. The molecule has 0 unspecified atom stereocenters. The lowest BCUT2D eigenvalue weighted by molar-refractivity contribution is -0.117. The summed E-state index contributed by atoms with van der Waals surface area (Å²) in [4.78, 5) is 30.5. The first kappa shape index (κ1) is 17.9. The predicted octanol–water partition coefficient (Wildman–Crippen LogP) is 2.99. The zero-order valence-electron chi connectivity index (χ0n) is 15.3. The van der Waals surface area contributed by atoms with E-state index in [0.717, 1.165) is 24.1 Å². The molecule has 1 fully saturated rings. The summed E-state index contributed by atoms with van der Waals surface area (Å²) in [7, 11) is 3.72. The van der Waals surface area contributed by atoms with Crippen molar-refractivity contribution < 1.29 is 9.59 Å². The number of aromatic nitrogens is 1. The first-order valence-electron chi connectivity index (χ1n) is 8.79. The van der Waals surface area contributed by atoms with E-state index in [4.69, 9.17) is 0 Å². The second-order valence-corrected chi connectivity index (χ2v) is 6.85. The van der Waals surface area contributed by atoms with Crippen molar-refractivity contribution in [3.05, 3.63) is 53.7 Å². The third kappa shape index (κ3) is 4.20. The van der Waals surface area contributed by atoms with Crippen molar-refractivity contribution in [2.75, 3.05) is 24.3 Å². The molecule has 2 amide bonds. The van der Waals surface area contributed by atoms with Gasteiger partial charge in [0, 0.05) is 31.9 Å². The van der Waals surface area contributed by atoms with Gasteiger partial charge < -0.3 is 15.5 Å². The number of benzene rings is 1. The molecule has 1 heterocycles. The van der Waals surface area contributed by atoms with Gasteiger partial charge in [-0.1, -0.05) is 12.1 Å². The molecule has 2 N–H and O–H groups in total. The number of nitrogens with zero attached hydrogens (tertiary/aromatic N) is 2. The molecule has 0 bridgehead atoms.